The molecule has 0 spiro atoms. The molecule has 0 N–H and O–H groups in total. The summed E-state index contributed by atoms with van der Waals surface area (Å²) >= 11 is 0. The molecule has 20 heavy (non-hydrogen) atoms. The lowest BCUT2D eigenvalue weighted by atomic mass is 10.1. The van der Waals surface area contributed by atoms with E-state index >= 15 is 0 Å². The summed E-state index contributed by atoms with van der Waals surface area (Å²) in [4.78, 5) is 35.4. The lowest BCUT2D eigenvalue weighted by molar-refractivity contribution is -0.384. The van der Waals surface area contributed by atoms with Crippen LogP contribution in [0.15, 0.2) is 24.3 Å². The molecule has 1 heterocycles. The van der Waals surface area contributed by atoms with Gasteiger partial charge in [0.1, 0.15) is 6.04 Å². The molecular formula is C13H14N2O5. The van der Waals surface area contributed by atoms with E-state index in [4.69, 9.17) is 0 Å². The van der Waals surface area contributed by atoms with Crippen molar-refractivity contribution in [1.82, 2.24) is 4.90 Å². The summed E-state index contributed by atoms with van der Waals surface area (Å²) in [6.45, 7) is 0.482. The van der Waals surface area contributed by atoms with E-state index in [1.54, 1.807) is 0 Å². The Morgan fingerprint density at radius 3 is 2.55 bits per heavy atom. The molecule has 1 atom stereocenters. The minimum Gasteiger partial charge on any atom is -0.467 e. The van der Waals surface area contributed by atoms with Gasteiger partial charge in [-0.3, -0.25) is 14.9 Å². The number of rotatable bonds is 3. The predicted molar refractivity (Wildman–Crippen MR) is 69.2 cm³/mol. The molecule has 1 aromatic carbocycles. The number of esters is 1. The van der Waals surface area contributed by atoms with Crippen molar-refractivity contribution in [3.63, 3.8) is 0 Å². The Labute approximate surface area is 115 Å². The molecule has 1 saturated heterocycles. The van der Waals surface area contributed by atoms with Gasteiger partial charge in [-0.15, -0.1) is 0 Å². The zero-order valence-electron chi connectivity index (χ0n) is 10.9. The van der Waals surface area contributed by atoms with Crippen molar-refractivity contribution in [2.24, 2.45) is 0 Å². The Balaban J connectivity index is 2.18. The van der Waals surface area contributed by atoms with Crippen LogP contribution in [-0.2, 0) is 9.53 Å². The maximum Gasteiger partial charge on any atom is 0.328 e. The number of benzene rings is 1. The lowest BCUT2D eigenvalue weighted by Gasteiger charge is -2.22. The fourth-order valence-electron chi connectivity index (χ4n) is 2.28. The van der Waals surface area contributed by atoms with Crippen molar-refractivity contribution in [3.8, 4) is 0 Å². The average Bonchev–Trinajstić information content (AvgIpc) is 2.95. The van der Waals surface area contributed by atoms with Crippen LogP contribution in [0.5, 0.6) is 0 Å². The second kappa shape index (κ2) is 5.68. The number of amides is 1. The first kappa shape index (κ1) is 14.0. The first-order chi connectivity index (χ1) is 9.54. The standard InChI is InChI=1S/C13H14N2O5/c1-20-13(17)11-3-2-8-14(11)12(16)9-4-6-10(7-5-9)15(18)19/h4-7,11H,2-3,8H2,1H3/t11-/m0/s1. The molecule has 0 unspecified atom stereocenters. The number of hydrogen-bond donors (Lipinski definition) is 0. The van der Waals surface area contributed by atoms with Gasteiger partial charge in [-0.2, -0.15) is 0 Å². The fraction of sp³-hybridized carbons (Fsp3) is 0.385. The van der Waals surface area contributed by atoms with E-state index < -0.39 is 16.9 Å². The van der Waals surface area contributed by atoms with E-state index in [1.165, 1.54) is 36.3 Å². The van der Waals surface area contributed by atoms with E-state index in [0.717, 1.165) is 6.42 Å². The Kier molecular flexibility index (Phi) is 3.97. The van der Waals surface area contributed by atoms with Gasteiger partial charge in [-0.25, -0.2) is 4.79 Å². The summed E-state index contributed by atoms with van der Waals surface area (Å²) in [5, 5.41) is 10.6. The van der Waals surface area contributed by atoms with Crippen LogP contribution in [0.2, 0.25) is 0 Å². The number of likely N-dealkylation sites (tertiary alicyclic amines) is 1. The van der Waals surface area contributed by atoms with Crippen molar-refractivity contribution in [2.75, 3.05) is 13.7 Å². The van der Waals surface area contributed by atoms with Crippen molar-refractivity contribution in [3.05, 3.63) is 39.9 Å². The second-order valence-electron chi connectivity index (χ2n) is 4.48. The largest absolute Gasteiger partial charge is 0.467 e. The lowest BCUT2D eigenvalue weighted by Crippen LogP contribution is -2.41. The van der Waals surface area contributed by atoms with Gasteiger partial charge in [-0.05, 0) is 25.0 Å². The molecule has 106 valence electrons. The second-order valence-corrected chi connectivity index (χ2v) is 4.48. The highest BCUT2D eigenvalue weighted by atomic mass is 16.6. The normalized spacial score (nSPS) is 17.9. The molecule has 0 saturated carbocycles. The summed E-state index contributed by atoms with van der Waals surface area (Å²) in [5.41, 5.74) is 0.249. The van der Waals surface area contributed by atoms with Crippen LogP contribution in [0.3, 0.4) is 0 Å². The topological polar surface area (TPSA) is 89.8 Å². The highest BCUT2D eigenvalue weighted by molar-refractivity contribution is 5.97. The highest BCUT2D eigenvalue weighted by Crippen LogP contribution is 2.22. The minimum atomic E-state index is -0.567. The van der Waals surface area contributed by atoms with E-state index in [2.05, 4.69) is 4.74 Å². The van der Waals surface area contributed by atoms with E-state index in [0.29, 0.717) is 18.5 Å². The summed E-state index contributed by atoms with van der Waals surface area (Å²) in [5.74, 6) is -0.745. The molecule has 1 aliphatic rings. The Hall–Kier alpha value is -2.44. The molecule has 0 bridgehead atoms. The van der Waals surface area contributed by atoms with Crippen LogP contribution >= 0.6 is 0 Å². The van der Waals surface area contributed by atoms with Crippen LogP contribution in [0.1, 0.15) is 23.2 Å². The number of nitro benzene ring substituents is 1. The number of nitro groups is 1. The third kappa shape index (κ3) is 2.61. The maximum atomic E-state index is 12.3. The predicted octanol–water partition coefficient (Wildman–Crippen LogP) is 1.37. The summed E-state index contributed by atoms with van der Waals surface area (Å²) in [7, 11) is 1.29. The van der Waals surface area contributed by atoms with E-state index in [1.807, 2.05) is 0 Å². The molecule has 1 fully saturated rings. The molecule has 0 aromatic heterocycles. The van der Waals surface area contributed by atoms with Gasteiger partial charge < -0.3 is 9.64 Å². The Bertz CT molecular complexity index is 540. The highest BCUT2D eigenvalue weighted by Gasteiger charge is 2.35. The zero-order valence-corrected chi connectivity index (χ0v) is 10.9. The summed E-state index contributed by atoms with van der Waals surface area (Å²) < 4.78 is 4.68. The van der Waals surface area contributed by atoms with Crippen molar-refractivity contribution < 1.29 is 19.2 Å². The van der Waals surface area contributed by atoms with Crippen LogP contribution in [0.25, 0.3) is 0 Å². The molecule has 7 heteroatoms. The van der Waals surface area contributed by atoms with Crippen molar-refractivity contribution in [1.29, 1.82) is 0 Å². The summed E-state index contributed by atoms with van der Waals surface area (Å²) in [6.07, 6.45) is 1.31. The number of methoxy groups -OCH3 is 1. The molecule has 2 rings (SSSR count). The molecule has 7 nitrogen and oxygen atoms in total. The number of carbonyl (C=O) groups excluding carboxylic acids is 2. The molecular weight excluding hydrogens is 264 g/mol. The minimum absolute atomic E-state index is 0.0764. The van der Waals surface area contributed by atoms with E-state index in [9.17, 15) is 19.7 Å². The number of hydrogen-bond acceptors (Lipinski definition) is 5. The first-order valence-corrected chi connectivity index (χ1v) is 6.18. The molecule has 1 aromatic rings. The van der Waals surface area contributed by atoms with Crippen LogP contribution in [-0.4, -0.2) is 41.4 Å². The van der Waals surface area contributed by atoms with Gasteiger partial charge in [-0.1, -0.05) is 0 Å². The average molecular weight is 278 g/mol. The van der Waals surface area contributed by atoms with Crippen LogP contribution in [0, 0.1) is 10.1 Å². The third-order valence-corrected chi connectivity index (χ3v) is 3.31. The molecule has 0 aliphatic carbocycles. The maximum absolute atomic E-state index is 12.3. The van der Waals surface area contributed by atoms with Gasteiger partial charge in [0.05, 0.1) is 12.0 Å². The fourth-order valence-corrected chi connectivity index (χ4v) is 2.28. The van der Waals surface area contributed by atoms with Gasteiger partial charge >= 0.3 is 5.97 Å². The van der Waals surface area contributed by atoms with Gasteiger partial charge in [0, 0.05) is 24.2 Å². The van der Waals surface area contributed by atoms with Crippen molar-refractivity contribution >= 4 is 17.6 Å². The summed E-state index contributed by atoms with van der Waals surface area (Å²) in [6, 6.07) is 4.77. The molecule has 1 aliphatic heterocycles. The van der Waals surface area contributed by atoms with Gasteiger partial charge in [0.25, 0.3) is 11.6 Å². The van der Waals surface area contributed by atoms with Crippen molar-refractivity contribution in [2.45, 2.75) is 18.9 Å². The van der Waals surface area contributed by atoms with E-state index in [-0.39, 0.29) is 11.6 Å². The van der Waals surface area contributed by atoms with Gasteiger partial charge in [0.2, 0.25) is 0 Å². The number of nitrogens with zero attached hydrogens (tertiary/aromatic N) is 2. The van der Waals surface area contributed by atoms with Crippen LogP contribution < -0.4 is 0 Å². The number of carbonyl (C=O) groups is 2. The molecule has 0 radical (unpaired) electrons. The number of ether oxygens (including phenoxy) is 1. The Morgan fingerprint density at radius 2 is 2.00 bits per heavy atom. The van der Waals surface area contributed by atoms with Gasteiger partial charge in [0.15, 0.2) is 0 Å². The zero-order chi connectivity index (χ0) is 14.7. The van der Waals surface area contributed by atoms with Crippen LogP contribution in [0.4, 0.5) is 5.69 Å². The Morgan fingerprint density at radius 1 is 1.35 bits per heavy atom. The SMILES string of the molecule is COC(=O)[C@@H]1CCCN1C(=O)c1ccc([N+](=O)[O-])cc1. The first-order valence-electron chi connectivity index (χ1n) is 6.18. The smallest absolute Gasteiger partial charge is 0.328 e. The third-order valence-electron chi connectivity index (χ3n) is 3.31. The molecule has 1 amide bonds. The quantitative estimate of drug-likeness (QED) is 0.473. The monoisotopic (exact) mass is 278 g/mol. The number of non-ortho nitro benzene ring substituents is 1.